The number of anilines is 1. The van der Waals surface area contributed by atoms with Crippen molar-refractivity contribution >= 4 is 11.9 Å². The van der Waals surface area contributed by atoms with E-state index >= 15 is 0 Å². The molecule has 6 nitrogen and oxygen atoms in total. The van der Waals surface area contributed by atoms with Gasteiger partial charge in [-0.2, -0.15) is 0 Å². The third-order valence-corrected chi connectivity index (χ3v) is 3.09. The van der Waals surface area contributed by atoms with Gasteiger partial charge in [0.25, 0.3) is 0 Å². The van der Waals surface area contributed by atoms with E-state index in [0.29, 0.717) is 13.1 Å². The predicted octanol–water partition coefficient (Wildman–Crippen LogP) is 1.84. The molecular weight excluding hydrogens is 256 g/mol. The average molecular weight is 278 g/mol. The van der Waals surface area contributed by atoms with Gasteiger partial charge in [0.15, 0.2) is 0 Å². The third-order valence-electron chi connectivity index (χ3n) is 3.09. The van der Waals surface area contributed by atoms with Crippen molar-refractivity contribution in [1.29, 1.82) is 0 Å². The molecule has 1 aliphatic heterocycles. The number of hydrogen-bond acceptors (Lipinski definition) is 5. The van der Waals surface area contributed by atoms with Crippen molar-refractivity contribution in [3.05, 3.63) is 18.1 Å². The summed E-state index contributed by atoms with van der Waals surface area (Å²) in [5.74, 6) is 0.899. The van der Waals surface area contributed by atoms with E-state index < -0.39 is 5.60 Å². The van der Waals surface area contributed by atoms with Gasteiger partial charge in [0.05, 0.1) is 5.69 Å². The normalized spacial score (nSPS) is 16.2. The Hall–Kier alpha value is -1.85. The molecule has 0 aromatic carbocycles. The monoisotopic (exact) mass is 278 g/mol. The largest absolute Gasteiger partial charge is 0.444 e. The molecule has 0 radical (unpaired) electrons. The summed E-state index contributed by atoms with van der Waals surface area (Å²) in [4.78, 5) is 24.5. The molecule has 1 fully saturated rings. The van der Waals surface area contributed by atoms with Gasteiger partial charge >= 0.3 is 6.09 Å². The van der Waals surface area contributed by atoms with Crippen molar-refractivity contribution in [1.82, 2.24) is 14.9 Å². The first kappa shape index (κ1) is 14.6. The SMILES string of the molecule is Cc1nccnc1N1CCN(C(=O)OC(C)(C)C)CC1. The number of nitrogens with zero attached hydrogens (tertiary/aromatic N) is 4. The van der Waals surface area contributed by atoms with Crippen LogP contribution in [0, 0.1) is 6.92 Å². The van der Waals surface area contributed by atoms with Crippen LogP contribution >= 0.6 is 0 Å². The van der Waals surface area contributed by atoms with Crippen LogP contribution in [0.3, 0.4) is 0 Å². The second-order valence-corrected chi connectivity index (χ2v) is 5.92. The maximum atomic E-state index is 12.0. The summed E-state index contributed by atoms with van der Waals surface area (Å²) in [5, 5.41) is 0. The fourth-order valence-electron chi connectivity index (χ4n) is 2.14. The van der Waals surface area contributed by atoms with Crippen LogP contribution in [0.1, 0.15) is 26.5 Å². The first-order chi connectivity index (χ1) is 9.37. The minimum absolute atomic E-state index is 0.243. The van der Waals surface area contributed by atoms with Crippen LogP contribution in [0.5, 0.6) is 0 Å². The smallest absolute Gasteiger partial charge is 0.410 e. The van der Waals surface area contributed by atoms with Crippen molar-refractivity contribution in [2.75, 3.05) is 31.1 Å². The molecule has 0 unspecified atom stereocenters. The second-order valence-electron chi connectivity index (χ2n) is 5.92. The zero-order chi connectivity index (χ0) is 14.8. The molecule has 1 amide bonds. The van der Waals surface area contributed by atoms with E-state index in [4.69, 9.17) is 4.74 Å². The Morgan fingerprint density at radius 1 is 1.15 bits per heavy atom. The van der Waals surface area contributed by atoms with Gasteiger partial charge in [0, 0.05) is 38.6 Å². The molecule has 1 aliphatic rings. The number of piperazine rings is 1. The molecule has 1 saturated heterocycles. The molecule has 2 rings (SSSR count). The number of carbonyl (C=O) groups is 1. The van der Waals surface area contributed by atoms with Crippen molar-refractivity contribution in [3.63, 3.8) is 0 Å². The molecule has 0 N–H and O–H groups in total. The summed E-state index contributed by atoms with van der Waals surface area (Å²) in [7, 11) is 0. The van der Waals surface area contributed by atoms with Crippen molar-refractivity contribution in [3.8, 4) is 0 Å². The number of carbonyl (C=O) groups excluding carboxylic acids is 1. The maximum absolute atomic E-state index is 12.0. The number of ether oxygens (including phenoxy) is 1. The van der Waals surface area contributed by atoms with Gasteiger partial charge in [-0.3, -0.25) is 4.98 Å². The van der Waals surface area contributed by atoms with Gasteiger partial charge in [0.1, 0.15) is 11.4 Å². The lowest BCUT2D eigenvalue weighted by atomic mass is 10.2. The molecular formula is C14H22N4O2. The van der Waals surface area contributed by atoms with E-state index in [2.05, 4.69) is 14.9 Å². The van der Waals surface area contributed by atoms with Crippen LogP contribution < -0.4 is 4.90 Å². The van der Waals surface area contributed by atoms with Crippen LogP contribution in [0.15, 0.2) is 12.4 Å². The van der Waals surface area contributed by atoms with Crippen LogP contribution in [0.4, 0.5) is 10.6 Å². The van der Waals surface area contributed by atoms with Crippen molar-refractivity contribution in [2.24, 2.45) is 0 Å². The van der Waals surface area contributed by atoms with E-state index in [9.17, 15) is 4.79 Å². The molecule has 20 heavy (non-hydrogen) atoms. The van der Waals surface area contributed by atoms with Crippen LogP contribution in [-0.4, -0.2) is 52.7 Å². The van der Waals surface area contributed by atoms with Gasteiger partial charge in [-0.25, -0.2) is 9.78 Å². The Morgan fingerprint density at radius 3 is 2.30 bits per heavy atom. The maximum Gasteiger partial charge on any atom is 0.410 e. The quantitative estimate of drug-likeness (QED) is 0.784. The number of aromatic nitrogens is 2. The zero-order valence-electron chi connectivity index (χ0n) is 12.6. The lowest BCUT2D eigenvalue weighted by Crippen LogP contribution is -2.50. The molecule has 1 aromatic rings. The number of aryl methyl sites for hydroxylation is 1. The van der Waals surface area contributed by atoms with Gasteiger partial charge in [-0.1, -0.05) is 0 Å². The highest BCUT2D eigenvalue weighted by Crippen LogP contribution is 2.17. The van der Waals surface area contributed by atoms with E-state index in [-0.39, 0.29) is 6.09 Å². The van der Waals surface area contributed by atoms with E-state index in [1.165, 1.54) is 0 Å². The van der Waals surface area contributed by atoms with Gasteiger partial charge in [-0.05, 0) is 27.7 Å². The van der Waals surface area contributed by atoms with Crippen molar-refractivity contribution < 1.29 is 9.53 Å². The van der Waals surface area contributed by atoms with E-state index in [1.807, 2.05) is 27.7 Å². The summed E-state index contributed by atoms with van der Waals surface area (Å²) in [5.41, 5.74) is 0.466. The highest BCUT2D eigenvalue weighted by Gasteiger charge is 2.26. The highest BCUT2D eigenvalue weighted by molar-refractivity contribution is 5.68. The number of hydrogen-bond donors (Lipinski definition) is 0. The zero-order valence-corrected chi connectivity index (χ0v) is 12.6. The Kier molecular flexibility index (Phi) is 4.11. The molecule has 110 valence electrons. The molecule has 0 spiro atoms. The second kappa shape index (κ2) is 5.64. The summed E-state index contributed by atoms with van der Waals surface area (Å²) in [6.07, 6.45) is 3.14. The standard InChI is InChI=1S/C14H22N4O2/c1-11-12(16-6-5-15-11)17-7-9-18(10-8-17)13(19)20-14(2,3)4/h5-6H,7-10H2,1-4H3. The van der Waals surface area contributed by atoms with Gasteiger partial charge < -0.3 is 14.5 Å². The van der Waals surface area contributed by atoms with Gasteiger partial charge in [0.2, 0.25) is 0 Å². The molecule has 6 heteroatoms. The van der Waals surface area contributed by atoms with E-state index in [0.717, 1.165) is 24.6 Å². The topological polar surface area (TPSA) is 58.6 Å². The number of rotatable bonds is 1. The average Bonchev–Trinajstić information content (AvgIpc) is 2.37. The summed E-state index contributed by atoms with van der Waals surface area (Å²) >= 11 is 0. The van der Waals surface area contributed by atoms with Crippen molar-refractivity contribution in [2.45, 2.75) is 33.3 Å². The fraction of sp³-hybridized carbons (Fsp3) is 0.643. The molecule has 0 saturated carbocycles. The first-order valence-corrected chi connectivity index (χ1v) is 6.87. The third kappa shape index (κ3) is 3.59. The first-order valence-electron chi connectivity index (χ1n) is 6.87. The summed E-state index contributed by atoms with van der Waals surface area (Å²) in [6.45, 7) is 10.4. The minimum Gasteiger partial charge on any atom is -0.444 e. The lowest BCUT2D eigenvalue weighted by Gasteiger charge is -2.36. The molecule has 2 heterocycles. The Morgan fingerprint density at radius 2 is 1.75 bits per heavy atom. The molecule has 1 aromatic heterocycles. The van der Waals surface area contributed by atoms with E-state index in [1.54, 1.807) is 17.3 Å². The summed E-state index contributed by atoms with van der Waals surface area (Å²) < 4.78 is 5.38. The highest BCUT2D eigenvalue weighted by atomic mass is 16.6. The van der Waals surface area contributed by atoms with Crippen LogP contribution in [0.2, 0.25) is 0 Å². The van der Waals surface area contributed by atoms with Crippen LogP contribution in [0.25, 0.3) is 0 Å². The molecule has 0 atom stereocenters. The Labute approximate surface area is 119 Å². The summed E-state index contributed by atoms with van der Waals surface area (Å²) in [6, 6.07) is 0. The fourth-order valence-corrected chi connectivity index (χ4v) is 2.14. The number of amides is 1. The minimum atomic E-state index is -0.449. The lowest BCUT2D eigenvalue weighted by molar-refractivity contribution is 0.0240. The molecule has 0 bridgehead atoms. The molecule has 0 aliphatic carbocycles. The Balaban J connectivity index is 1.93. The van der Waals surface area contributed by atoms with Crippen LogP contribution in [-0.2, 0) is 4.74 Å². The predicted molar refractivity (Wildman–Crippen MR) is 76.8 cm³/mol. The Bertz CT molecular complexity index is 476. The van der Waals surface area contributed by atoms with Gasteiger partial charge in [-0.15, -0.1) is 0 Å².